The molecule has 3 heterocycles. The second kappa shape index (κ2) is 5.39. The molecule has 10 nitrogen and oxygen atoms in total. The second-order valence-electron chi connectivity index (χ2n) is 5.35. The summed E-state index contributed by atoms with van der Waals surface area (Å²) in [4.78, 5) is 35.7. The SMILES string of the molecule is Cc1cc(Cn2c(=O)c3c(n(C)c2=O)N[C@@H]3NCC(N)=O)no1. The van der Waals surface area contributed by atoms with Gasteiger partial charge in [-0.15, -0.1) is 0 Å². The molecule has 0 bridgehead atoms. The van der Waals surface area contributed by atoms with Crippen LogP contribution in [0.15, 0.2) is 20.2 Å². The quantitative estimate of drug-likeness (QED) is 0.602. The molecule has 0 aliphatic carbocycles. The Balaban J connectivity index is 1.98. The smallest absolute Gasteiger partial charge is 0.332 e. The summed E-state index contributed by atoms with van der Waals surface area (Å²) in [6.07, 6.45) is -0.526. The lowest BCUT2D eigenvalue weighted by Crippen LogP contribution is -2.52. The fraction of sp³-hybridized carbons (Fsp3) is 0.385. The van der Waals surface area contributed by atoms with Crippen LogP contribution < -0.4 is 27.6 Å². The van der Waals surface area contributed by atoms with E-state index in [0.717, 1.165) is 4.57 Å². The summed E-state index contributed by atoms with van der Waals surface area (Å²) in [6.45, 7) is 1.66. The van der Waals surface area contributed by atoms with Crippen LogP contribution in [0, 0.1) is 6.92 Å². The number of carbonyl (C=O) groups is 1. The van der Waals surface area contributed by atoms with Crippen LogP contribution in [0.25, 0.3) is 0 Å². The maximum absolute atomic E-state index is 12.6. The molecule has 0 spiro atoms. The minimum Gasteiger partial charge on any atom is -0.369 e. The van der Waals surface area contributed by atoms with Gasteiger partial charge in [0, 0.05) is 13.1 Å². The number of anilines is 1. The van der Waals surface area contributed by atoms with E-state index < -0.39 is 23.3 Å². The monoisotopic (exact) mass is 320 g/mol. The highest BCUT2D eigenvalue weighted by atomic mass is 16.5. The van der Waals surface area contributed by atoms with E-state index >= 15 is 0 Å². The van der Waals surface area contributed by atoms with Crippen molar-refractivity contribution in [3.63, 3.8) is 0 Å². The van der Waals surface area contributed by atoms with Crippen LogP contribution in [0.3, 0.4) is 0 Å². The average molecular weight is 320 g/mol. The third-order valence-electron chi connectivity index (χ3n) is 3.63. The summed E-state index contributed by atoms with van der Waals surface area (Å²) in [5, 5.41) is 9.53. The topological polar surface area (TPSA) is 137 Å². The van der Waals surface area contributed by atoms with Crippen molar-refractivity contribution in [1.82, 2.24) is 19.6 Å². The summed E-state index contributed by atoms with van der Waals surface area (Å²) in [5.41, 5.74) is 5.04. The van der Waals surface area contributed by atoms with Crippen LogP contribution in [0.5, 0.6) is 0 Å². The number of carbonyl (C=O) groups excluding carboxylic acids is 1. The Hall–Kier alpha value is -2.88. The van der Waals surface area contributed by atoms with Gasteiger partial charge in [0.25, 0.3) is 5.56 Å². The lowest BCUT2D eigenvalue weighted by atomic mass is 10.1. The number of hydrogen-bond donors (Lipinski definition) is 3. The van der Waals surface area contributed by atoms with Crippen molar-refractivity contribution in [2.75, 3.05) is 11.9 Å². The molecule has 0 saturated carbocycles. The zero-order valence-electron chi connectivity index (χ0n) is 12.6. The summed E-state index contributed by atoms with van der Waals surface area (Å²) in [7, 11) is 1.56. The molecule has 0 aromatic carbocycles. The Morgan fingerprint density at radius 1 is 1.52 bits per heavy atom. The summed E-state index contributed by atoms with van der Waals surface area (Å²) in [5.74, 6) is 0.481. The number of aryl methyl sites for hydroxylation is 1. The number of aromatic nitrogens is 3. The van der Waals surface area contributed by atoms with E-state index in [1.807, 2.05) is 0 Å². The van der Waals surface area contributed by atoms with Crippen LogP contribution in [0.2, 0.25) is 0 Å². The Labute approximate surface area is 129 Å². The van der Waals surface area contributed by atoms with Crippen molar-refractivity contribution in [3.8, 4) is 0 Å². The van der Waals surface area contributed by atoms with Crippen LogP contribution >= 0.6 is 0 Å². The number of amides is 1. The molecular weight excluding hydrogens is 304 g/mol. The van der Waals surface area contributed by atoms with Gasteiger partial charge >= 0.3 is 5.69 Å². The lowest BCUT2D eigenvalue weighted by molar-refractivity contribution is -0.117. The third kappa shape index (κ3) is 2.52. The van der Waals surface area contributed by atoms with E-state index in [0.29, 0.717) is 22.8 Å². The molecule has 1 atom stereocenters. The highest BCUT2D eigenvalue weighted by Gasteiger charge is 2.33. The van der Waals surface area contributed by atoms with Crippen LogP contribution in [-0.4, -0.2) is 26.7 Å². The van der Waals surface area contributed by atoms with Crippen LogP contribution in [-0.2, 0) is 18.4 Å². The molecule has 10 heteroatoms. The number of hydrogen-bond acceptors (Lipinski definition) is 7. The second-order valence-corrected chi connectivity index (χ2v) is 5.35. The number of nitrogens with one attached hydrogen (secondary N) is 2. The molecule has 2 aromatic rings. The number of rotatable bonds is 5. The zero-order chi connectivity index (χ0) is 16.7. The van der Waals surface area contributed by atoms with Gasteiger partial charge in [-0.25, -0.2) is 4.79 Å². The van der Waals surface area contributed by atoms with Gasteiger partial charge in [-0.1, -0.05) is 5.16 Å². The standard InChI is InChI=1S/C13H16N6O4/c1-6-3-7(17-23-6)5-19-12(21)9-10(15-4-8(14)20)16-11(9)18(2)13(19)22/h3,10,15-16H,4-5H2,1-2H3,(H2,14,20)/t10-/m0/s1. The van der Waals surface area contributed by atoms with Crippen molar-refractivity contribution >= 4 is 11.7 Å². The largest absolute Gasteiger partial charge is 0.369 e. The van der Waals surface area contributed by atoms with E-state index in [1.54, 1.807) is 20.0 Å². The van der Waals surface area contributed by atoms with Gasteiger partial charge in [0.15, 0.2) is 0 Å². The van der Waals surface area contributed by atoms with E-state index in [4.69, 9.17) is 10.3 Å². The summed E-state index contributed by atoms with van der Waals surface area (Å²) < 4.78 is 7.37. The first-order valence-corrected chi connectivity index (χ1v) is 6.92. The Morgan fingerprint density at radius 2 is 2.26 bits per heavy atom. The molecule has 0 radical (unpaired) electrons. The van der Waals surface area contributed by atoms with Crippen molar-refractivity contribution < 1.29 is 9.32 Å². The Morgan fingerprint density at radius 3 is 2.87 bits per heavy atom. The van der Waals surface area contributed by atoms with Gasteiger partial charge in [-0.2, -0.15) is 0 Å². The van der Waals surface area contributed by atoms with E-state index in [-0.39, 0.29) is 13.1 Å². The van der Waals surface area contributed by atoms with Crippen molar-refractivity contribution in [1.29, 1.82) is 0 Å². The van der Waals surface area contributed by atoms with Crippen molar-refractivity contribution in [2.24, 2.45) is 12.8 Å². The fourth-order valence-electron chi connectivity index (χ4n) is 2.51. The molecule has 3 rings (SSSR count). The first-order chi connectivity index (χ1) is 10.9. The predicted molar refractivity (Wildman–Crippen MR) is 79.8 cm³/mol. The summed E-state index contributed by atoms with van der Waals surface area (Å²) in [6, 6.07) is 1.66. The Kier molecular flexibility index (Phi) is 3.52. The van der Waals surface area contributed by atoms with E-state index in [9.17, 15) is 14.4 Å². The summed E-state index contributed by atoms with van der Waals surface area (Å²) >= 11 is 0. The molecule has 0 unspecified atom stereocenters. The van der Waals surface area contributed by atoms with E-state index in [1.165, 1.54) is 4.57 Å². The Bertz CT molecular complexity index is 893. The molecule has 0 fully saturated rings. The highest BCUT2D eigenvalue weighted by molar-refractivity contribution is 5.76. The van der Waals surface area contributed by atoms with Gasteiger partial charge < -0.3 is 15.6 Å². The van der Waals surface area contributed by atoms with Crippen LogP contribution in [0.1, 0.15) is 23.2 Å². The molecule has 4 N–H and O–H groups in total. The first-order valence-electron chi connectivity index (χ1n) is 6.92. The van der Waals surface area contributed by atoms with Gasteiger partial charge in [0.2, 0.25) is 5.91 Å². The molecule has 2 aromatic heterocycles. The molecule has 1 aliphatic heterocycles. The predicted octanol–water partition coefficient (Wildman–Crippen LogP) is -1.61. The maximum atomic E-state index is 12.6. The maximum Gasteiger partial charge on any atom is 0.332 e. The van der Waals surface area contributed by atoms with Gasteiger partial charge in [0.1, 0.15) is 23.4 Å². The number of nitrogens with two attached hydrogens (primary N) is 1. The highest BCUT2D eigenvalue weighted by Crippen LogP contribution is 2.29. The van der Waals surface area contributed by atoms with Gasteiger partial charge in [-0.05, 0) is 6.92 Å². The molecule has 1 aliphatic rings. The van der Waals surface area contributed by atoms with Crippen molar-refractivity contribution in [2.45, 2.75) is 19.6 Å². The molecule has 23 heavy (non-hydrogen) atoms. The van der Waals surface area contributed by atoms with Gasteiger partial charge in [0.05, 0.1) is 18.7 Å². The van der Waals surface area contributed by atoms with Crippen LogP contribution in [0.4, 0.5) is 5.82 Å². The normalized spacial score (nSPS) is 15.7. The number of primary amides is 1. The third-order valence-corrected chi connectivity index (χ3v) is 3.63. The first kappa shape index (κ1) is 15.0. The lowest BCUT2D eigenvalue weighted by Gasteiger charge is -2.33. The minimum absolute atomic E-state index is 0.0126. The van der Waals surface area contributed by atoms with Crippen molar-refractivity contribution in [3.05, 3.63) is 43.9 Å². The minimum atomic E-state index is -0.538. The molecule has 122 valence electrons. The van der Waals surface area contributed by atoms with E-state index in [2.05, 4.69) is 15.8 Å². The number of nitrogens with zero attached hydrogens (tertiary/aromatic N) is 3. The fourth-order valence-corrected chi connectivity index (χ4v) is 2.51. The van der Waals surface area contributed by atoms with Gasteiger partial charge in [-0.3, -0.25) is 24.0 Å². The molecular formula is C13H16N6O4. The average Bonchev–Trinajstić information content (AvgIpc) is 2.86. The number of fused-ring (bicyclic) bond motifs is 1. The molecule has 0 saturated heterocycles. The molecule has 1 amide bonds. The zero-order valence-corrected chi connectivity index (χ0v) is 12.6.